The number of carbonyl (C=O) groups is 4. The van der Waals surface area contributed by atoms with Crippen molar-refractivity contribution >= 4 is 29.7 Å². The van der Waals surface area contributed by atoms with E-state index in [2.05, 4.69) is 0 Å². The molecule has 1 saturated heterocycles. The molecule has 11 nitrogen and oxygen atoms in total. The largest absolute Gasteiger partial charge is 0.490 e. The van der Waals surface area contributed by atoms with Crippen LogP contribution in [-0.4, -0.2) is 64.0 Å². The fourth-order valence-corrected chi connectivity index (χ4v) is 3.54. The molecule has 1 aromatic heterocycles. The van der Waals surface area contributed by atoms with Crippen molar-refractivity contribution in [2.24, 2.45) is 17.6 Å². The van der Waals surface area contributed by atoms with Gasteiger partial charge in [-0.15, -0.1) is 0 Å². The van der Waals surface area contributed by atoms with Gasteiger partial charge >= 0.3 is 24.1 Å². The summed E-state index contributed by atoms with van der Waals surface area (Å²) in [5, 5.41) is 23.7. The molecule has 1 aliphatic heterocycles. The summed E-state index contributed by atoms with van der Waals surface area (Å²) in [5.41, 5.74) is 5.91. The fourth-order valence-electron chi connectivity index (χ4n) is 3.54. The first-order chi connectivity index (χ1) is 17.7. The smallest absolute Gasteiger partial charge is 0.481 e. The molecule has 0 spiro atoms. The number of halogens is 3. The number of alkyl halides is 3. The van der Waals surface area contributed by atoms with E-state index < -0.39 is 35.9 Å². The molecule has 0 saturated carbocycles. The van der Waals surface area contributed by atoms with E-state index in [0.29, 0.717) is 30.7 Å². The molecule has 2 heterocycles. The van der Waals surface area contributed by atoms with Crippen molar-refractivity contribution in [3.05, 3.63) is 53.5 Å². The Morgan fingerprint density at radius 1 is 1.16 bits per heavy atom. The second kappa shape index (κ2) is 12.7. The number of carbonyl (C=O) groups excluding carboxylic acids is 2. The van der Waals surface area contributed by atoms with E-state index >= 15 is 0 Å². The molecular formula is C24H26F3N3O8. The van der Waals surface area contributed by atoms with E-state index in [1.54, 1.807) is 30.0 Å². The number of hydrogen-bond acceptors (Lipinski definition) is 7. The van der Waals surface area contributed by atoms with Gasteiger partial charge in [-0.25, -0.2) is 9.59 Å². The number of esters is 1. The molecule has 1 fully saturated rings. The molecule has 2 unspecified atom stereocenters. The topological polar surface area (TPSA) is 184 Å². The Morgan fingerprint density at radius 2 is 1.76 bits per heavy atom. The van der Waals surface area contributed by atoms with Crippen LogP contribution in [0.1, 0.15) is 41.6 Å². The average molecular weight is 541 g/mol. The molecule has 3 rings (SSSR count). The average Bonchev–Trinajstić information content (AvgIpc) is 3.32. The molecule has 14 heteroatoms. The number of nitrogens with zero attached hydrogens (tertiary/aromatic N) is 1. The molecule has 1 amide bonds. The van der Waals surface area contributed by atoms with Gasteiger partial charge in [0.1, 0.15) is 17.3 Å². The van der Waals surface area contributed by atoms with Crippen LogP contribution in [0.15, 0.2) is 40.8 Å². The number of nitrogen functional groups attached to an aromatic ring is 1. The van der Waals surface area contributed by atoms with Gasteiger partial charge in [-0.3, -0.25) is 15.0 Å². The van der Waals surface area contributed by atoms with Crippen LogP contribution in [0.5, 0.6) is 5.75 Å². The van der Waals surface area contributed by atoms with Crippen molar-refractivity contribution in [3.8, 4) is 5.75 Å². The number of likely N-dealkylation sites (tertiary alicyclic amines) is 1. The lowest BCUT2D eigenvalue weighted by Gasteiger charge is -2.32. The van der Waals surface area contributed by atoms with E-state index in [1.165, 1.54) is 18.2 Å². The highest BCUT2D eigenvalue weighted by atomic mass is 19.4. The first-order valence-corrected chi connectivity index (χ1v) is 11.3. The zero-order chi connectivity index (χ0) is 28.6. The molecule has 1 aliphatic rings. The maximum atomic E-state index is 12.7. The summed E-state index contributed by atoms with van der Waals surface area (Å²) in [7, 11) is 0. The molecule has 38 heavy (non-hydrogen) atoms. The fraction of sp³-hybridized carbons (Fsp3) is 0.375. The summed E-state index contributed by atoms with van der Waals surface area (Å²) in [6, 6.07) is 9.31. The monoisotopic (exact) mass is 541 g/mol. The van der Waals surface area contributed by atoms with Gasteiger partial charge in [-0.2, -0.15) is 13.2 Å². The third-order valence-corrected chi connectivity index (χ3v) is 5.49. The summed E-state index contributed by atoms with van der Waals surface area (Å²) < 4.78 is 42.5. The third kappa shape index (κ3) is 8.64. The zero-order valence-electron chi connectivity index (χ0n) is 20.2. The number of amidine groups is 1. The highest BCUT2D eigenvalue weighted by Crippen LogP contribution is 2.22. The van der Waals surface area contributed by atoms with Gasteiger partial charge in [-0.1, -0.05) is 6.92 Å². The molecule has 206 valence electrons. The number of amides is 1. The van der Waals surface area contributed by atoms with Crippen LogP contribution in [0.25, 0.3) is 0 Å². The lowest BCUT2D eigenvalue weighted by atomic mass is 9.96. The first-order valence-electron chi connectivity index (χ1n) is 11.3. The van der Waals surface area contributed by atoms with Crippen LogP contribution < -0.4 is 10.5 Å². The van der Waals surface area contributed by atoms with Crippen molar-refractivity contribution in [1.82, 2.24) is 4.90 Å². The van der Waals surface area contributed by atoms with E-state index in [0.717, 1.165) is 0 Å². The number of nitrogens with one attached hydrogen (secondary N) is 1. The predicted octanol–water partition coefficient (Wildman–Crippen LogP) is 2.92. The Labute approximate surface area is 214 Å². The number of hydrogen-bond donors (Lipinski definition) is 4. The van der Waals surface area contributed by atoms with Crippen molar-refractivity contribution in [2.45, 2.75) is 32.4 Å². The molecule has 2 aromatic rings. The molecule has 2 atom stereocenters. The molecule has 0 radical (unpaired) electrons. The lowest BCUT2D eigenvalue weighted by Crippen LogP contribution is -2.44. The van der Waals surface area contributed by atoms with Crippen LogP contribution in [0.4, 0.5) is 13.2 Å². The number of piperidine rings is 1. The Kier molecular flexibility index (Phi) is 10.0. The number of carboxylic acids is 2. The molecular weight excluding hydrogens is 515 g/mol. The molecule has 1 aromatic carbocycles. The standard InChI is InChI=1S/C22H25N3O6.C2HF3O2/c1-13(20(26)25-10-2-3-15(12-25)21(27)28)11-17-8-9-18(30-17)22(29)31-16-6-4-14(5-7-16)19(23)24;3-2(4,5)1(6)7/h4-9,13,15H,2-3,10-12H2,1H3,(H3,23,24)(H,27,28);(H,6,7). The highest BCUT2D eigenvalue weighted by molar-refractivity contribution is 5.95. The van der Waals surface area contributed by atoms with Crippen LogP contribution >= 0.6 is 0 Å². The summed E-state index contributed by atoms with van der Waals surface area (Å²) in [6.45, 7) is 2.52. The van der Waals surface area contributed by atoms with Crippen molar-refractivity contribution in [3.63, 3.8) is 0 Å². The third-order valence-electron chi connectivity index (χ3n) is 5.49. The van der Waals surface area contributed by atoms with E-state index in [9.17, 15) is 32.7 Å². The molecule has 0 bridgehead atoms. The number of rotatable bonds is 7. The maximum absolute atomic E-state index is 12.7. The number of benzene rings is 1. The predicted molar refractivity (Wildman–Crippen MR) is 125 cm³/mol. The minimum atomic E-state index is -5.08. The molecule has 5 N–H and O–H groups in total. The highest BCUT2D eigenvalue weighted by Gasteiger charge is 2.38. The van der Waals surface area contributed by atoms with E-state index in [-0.39, 0.29) is 36.2 Å². The van der Waals surface area contributed by atoms with Crippen molar-refractivity contribution in [1.29, 1.82) is 5.41 Å². The summed E-state index contributed by atoms with van der Waals surface area (Å²) in [6.07, 6.45) is -3.55. The zero-order valence-corrected chi connectivity index (χ0v) is 20.2. The van der Waals surface area contributed by atoms with Gasteiger partial charge in [-0.05, 0) is 49.2 Å². The number of ether oxygens (including phenoxy) is 1. The minimum absolute atomic E-state index is 0.00853. The summed E-state index contributed by atoms with van der Waals surface area (Å²) >= 11 is 0. The Balaban J connectivity index is 0.000000638. The number of aliphatic carboxylic acids is 2. The number of carboxylic acid groups (broad SMARTS) is 2. The van der Waals surface area contributed by atoms with Gasteiger partial charge in [0.05, 0.1) is 5.92 Å². The van der Waals surface area contributed by atoms with Crippen LogP contribution in [-0.2, 0) is 20.8 Å². The van der Waals surface area contributed by atoms with Gasteiger partial charge in [0.25, 0.3) is 0 Å². The van der Waals surface area contributed by atoms with E-state index in [4.69, 9.17) is 30.2 Å². The quantitative estimate of drug-likeness (QED) is 0.177. The van der Waals surface area contributed by atoms with Crippen LogP contribution in [0.3, 0.4) is 0 Å². The Bertz CT molecular complexity index is 1180. The van der Waals surface area contributed by atoms with Gasteiger partial charge in [0.2, 0.25) is 11.7 Å². The Hall–Kier alpha value is -4.36. The van der Waals surface area contributed by atoms with E-state index in [1.807, 2.05) is 0 Å². The summed E-state index contributed by atoms with van der Waals surface area (Å²) in [4.78, 5) is 46.7. The minimum Gasteiger partial charge on any atom is -0.481 e. The van der Waals surface area contributed by atoms with Crippen LogP contribution in [0.2, 0.25) is 0 Å². The molecule has 0 aliphatic carbocycles. The van der Waals surface area contributed by atoms with Crippen LogP contribution in [0, 0.1) is 17.2 Å². The number of furan rings is 1. The summed E-state index contributed by atoms with van der Waals surface area (Å²) in [5.74, 6) is -4.71. The normalized spacial score (nSPS) is 16.0. The maximum Gasteiger partial charge on any atom is 0.490 e. The number of nitrogens with two attached hydrogens (primary N) is 1. The Morgan fingerprint density at radius 3 is 2.29 bits per heavy atom. The first kappa shape index (κ1) is 29.9. The lowest BCUT2D eigenvalue weighted by molar-refractivity contribution is -0.192. The van der Waals surface area contributed by atoms with Gasteiger partial charge in [0.15, 0.2) is 0 Å². The van der Waals surface area contributed by atoms with Crippen molar-refractivity contribution < 1.29 is 51.7 Å². The van der Waals surface area contributed by atoms with Gasteiger partial charge in [0, 0.05) is 31.0 Å². The van der Waals surface area contributed by atoms with Crippen molar-refractivity contribution in [2.75, 3.05) is 13.1 Å². The van der Waals surface area contributed by atoms with Gasteiger partial charge < -0.3 is 30.0 Å². The SMILES string of the molecule is CC(Cc1ccc(C(=O)Oc2ccc(C(=N)N)cc2)o1)C(=O)N1CCCC(C(=O)O)C1.O=C(O)C(F)(F)F. The second-order valence-corrected chi connectivity index (χ2v) is 8.46. The second-order valence-electron chi connectivity index (χ2n) is 8.46.